The summed E-state index contributed by atoms with van der Waals surface area (Å²) in [4.78, 5) is 0. The molecule has 0 unspecified atom stereocenters. The first-order valence-electron chi connectivity index (χ1n) is 7.72. The Morgan fingerprint density at radius 3 is 1.67 bits per heavy atom. The molecule has 0 atom stereocenters. The van der Waals surface area contributed by atoms with Crippen LogP contribution >= 0.6 is 0 Å². The summed E-state index contributed by atoms with van der Waals surface area (Å²) in [6, 6.07) is 0. The van der Waals surface area contributed by atoms with Gasteiger partial charge in [0.05, 0.1) is 6.54 Å². The van der Waals surface area contributed by atoms with Crippen LogP contribution in [0.1, 0.15) is 71.1 Å². The summed E-state index contributed by atoms with van der Waals surface area (Å²) in [6.07, 6.45) is 20.4. The van der Waals surface area contributed by atoms with E-state index in [1.54, 1.807) is 12.4 Å². The lowest BCUT2D eigenvalue weighted by atomic mass is 10.1. The molecule has 0 radical (unpaired) electrons. The van der Waals surface area contributed by atoms with Crippen LogP contribution in [0.2, 0.25) is 0 Å². The minimum absolute atomic E-state index is 0.239. The maximum absolute atomic E-state index is 11.9. The summed E-state index contributed by atoms with van der Waals surface area (Å²) in [5.41, 5.74) is 0. The fourth-order valence-corrected chi connectivity index (χ4v) is 2.44. The standard InChI is InChI=1S/C16H29NO/c1-2-3-4-5-6-7-8-9-10-11-14-17(18)15-12-13-16-17/h12-13,15-16H,2-11,14H2,1H3. The molecule has 0 N–H and O–H groups in total. The zero-order valence-corrected chi connectivity index (χ0v) is 11.9. The van der Waals surface area contributed by atoms with Gasteiger partial charge in [-0.2, -0.15) is 0 Å². The Morgan fingerprint density at radius 2 is 1.17 bits per heavy atom. The Hall–Kier alpha value is -0.600. The van der Waals surface area contributed by atoms with Crippen molar-refractivity contribution in [3.05, 3.63) is 29.8 Å². The predicted octanol–water partition coefficient (Wildman–Crippen LogP) is 5.26. The number of hydrogen-bond acceptors (Lipinski definition) is 1. The van der Waals surface area contributed by atoms with Crippen molar-refractivity contribution in [2.24, 2.45) is 0 Å². The highest BCUT2D eigenvalue weighted by Crippen LogP contribution is 2.16. The zero-order valence-electron chi connectivity index (χ0n) is 11.9. The Balaban J connectivity index is 1.82. The molecule has 0 amide bonds. The van der Waals surface area contributed by atoms with Crippen molar-refractivity contribution in [1.29, 1.82) is 0 Å². The molecular weight excluding hydrogens is 222 g/mol. The van der Waals surface area contributed by atoms with E-state index < -0.39 is 0 Å². The summed E-state index contributed by atoms with van der Waals surface area (Å²) in [5, 5.41) is 11.9. The van der Waals surface area contributed by atoms with Gasteiger partial charge in [0, 0.05) is 0 Å². The molecule has 0 aromatic carbocycles. The normalized spacial score (nSPS) is 16.6. The number of nitrogens with zero attached hydrogens (tertiary/aromatic N) is 1. The largest absolute Gasteiger partial charge is 0.623 e. The molecule has 0 aromatic rings. The first-order valence-corrected chi connectivity index (χ1v) is 7.72. The van der Waals surface area contributed by atoms with Crippen molar-refractivity contribution in [1.82, 2.24) is 0 Å². The molecule has 0 bridgehead atoms. The Labute approximate surface area is 113 Å². The molecule has 0 fully saturated rings. The van der Waals surface area contributed by atoms with E-state index >= 15 is 0 Å². The van der Waals surface area contributed by atoms with Gasteiger partial charge >= 0.3 is 0 Å². The second-order valence-corrected chi connectivity index (χ2v) is 5.44. The van der Waals surface area contributed by atoms with Crippen LogP contribution in [-0.4, -0.2) is 11.2 Å². The van der Waals surface area contributed by atoms with Gasteiger partial charge in [-0.1, -0.05) is 58.3 Å². The lowest BCUT2D eigenvalue weighted by molar-refractivity contribution is -0.772. The molecule has 18 heavy (non-hydrogen) atoms. The van der Waals surface area contributed by atoms with E-state index in [0.29, 0.717) is 6.54 Å². The molecule has 0 aromatic heterocycles. The summed E-state index contributed by atoms with van der Waals surface area (Å²) in [6.45, 7) is 2.97. The molecule has 0 aliphatic carbocycles. The van der Waals surface area contributed by atoms with Crippen LogP contribution in [0.5, 0.6) is 0 Å². The maximum atomic E-state index is 11.9. The summed E-state index contributed by atoms with van der Waals surface area (Å²) in [5.74, 6) is 0. The molecule has 0 saturated heterocycles. The molecule has 1 aliphatic rings. The number of quaternary nitrogens is 1. The van der Waals surface area contributed by atoms with Crippen molar-refractivity contribution in [3.63, 3.8) is 0 Å². The van der Waals surface area contributed by atoms with Crippen LogP contribution in [0.3, 0.4) is 0 Å². The lowest BCUT2D eigenvalue weighted by Crippen LogP contribution is -2.28. The van der Waals surface area contributed by atoms with E-state index in [1.165, 1.54) is 57.8 Å². The third kappa shape index (κ3) is 6.97. The van der Waals surface area contributed by atoms with Gasteiger partial charge in [0.25, 0.3) is 0 Å². The van der Waals surface area contributed by atoms with Crippen molar-refractivity contribution >= 4 is 0 Å². The van der Waals surface area contributed by atoms with E-state index in [0.717, 1.165) is 6.42 Å². The van der Waals surface area contributed by atoms with E-state index in [4.69, 9.17) is 0 Å². The number of rotatable bonds is 11. The second-order valence-electron chi connectivity index (χ2n) is 5.44. The fourth-order valence-electron chi connectivity index (χ4n) is 2.44. The van der Waals surface area contributed by atoms with Gasteiger partial charge in [-0.25, -0.2) is 0 Å². The van der Waals surface area contributed by atoms with Crippen LogP contribution in [0.25, 0.3) is 0 Å². The average Bonchev–Trinajstić information content (AvgIpc) is 2.79. The van der Waals surface area contributed by atoms with Gasteiger partial charge in [0.1, 0.15) is 12.4 Å². The Bertz CT molecular complexity index is 246. The maximum Gasteiger partial charge on any atom is 0.101 e. The van der Waals surface area contributed by atoms with Crippen molar-refractivity contribution < 1.29 is 4.65 Å². The van der Waals surface area contributed by atoms with Gasteiger partial charge in [0.2, 0.25) is 0 Å². The smallest absolute Gasteiger partial charge is 0.101 e. The third-order valence-corrected chi connectivity index (χ3v) is 3.65. The van der Waals surface area contributed by atoms with Crippen molar-refractivity contribution in [2.75, 3.05) is 6.54 Å². The number of hydrogen-bond donors (Lipinski definition) is 0. The molecule has 0 spiro atoms. The van der Waals surface area contributed by atoms with Crippen molar-refractivity contribution in [3.8, 4) is 0 Å². The fraction of sp³-hybridized carbons (Fsp3) is 0.750. The molecule has 2 nitrogen and oxygen atoms in total. The number of hydroxylamine groups is 3. The Kier molecular flexibility index (Phi) is 8.03. The lowest BCUT2D eigenvalue weighted by Gasteiger charge is -2.32. The second kappa shape index (κ2) is 9.35. The van der Waals surface area contributed by atoms with Gasteiger partial charge in [0.15, 0.2) is 0 Å². The van der Waals surface area contributed by atoms with Crippen LogP contribution in [-0.2, 0) is 0 Å². The molecule has 0 saturated carbocycles. The SMILES string of the molecule is CCCCCCCCCCCC[N+]1([O-])C=CC=C1. The molecule has 2 heteroatoms. The van der Waals surface area contributed by atoms with Crippen LogP contribution in [0.15, 0.2) is 24.6 Å². The average molecular weight is 251 g/mol. The molecule has 104 valence electrons. The first kappa shape index (κ1) is 15.5. The van der Waals surface area contributed by atoms with Crippen LogP contribution in [0, 0.1) is 5.21 Å². The summed E-state index contributed by atoms with van der Waals surface area (Å²) < 4.78 is -0.239. The first-order chi connectivity index (χ1) is 8.77. The van der Waals surface area contributed by atoms with Crippen LogP contribution < -0.4 is 0 Å². The zero-order chi connectivity index (χ0) is 13.1. The van der Waals surface area contributed by atoms with Crippen LogP contribution in [0.4, 0.5) is 0 Å². The van der Waals surface area contributed by atoms with Crippen molar-refractivity contribution in [2.45, 2.75) is 71.1 Å². The molecular formula is C16H29NO. The number of allylic oxidation sites excluding steroid dienone is 2. The highest BCUT2D eigenvalue weighted by Gasteiger charge is 2.11. The minimum atomic E-state index is -0.239. The highest BCUT2D eigenvalue weighted by molar-refractivity contribution is 5.03. The van der Waals surface area contributed by atoms with Gasteiger partial charge < -0.3 is 9.85 Å². The van der Waals surface area contributed by atoms with Gasteiger partial charge in [-0.05, 0) is 25.0 Å². The van der Waals surface area contributed by atoms with Gasteiger partial charge in [-0.15, -0.1) is 0 Å². The summed E-state index contributed by atoms with van der Waals surface area (Å²) in [7, 11) is 0. The van der Waals surface area contributed by atoms with E-state index in [2.05, 4.69) is 6.92 Å². The predicted molar refractivity (Wildman–Crippen MR) is 78.6 cm³/mol. The van der Waals surface area contributed by atoms with Gasteiger partial charge in [-0.3, -0.25) is 0 Å². The minimum Gasteiger partial charge on any atom is -0.623 e. The number of unbranched alkanes of at least 4 members (excludes halogenated alkanes) is 9. The van der Waals surface area contributed by atoms with E-state index in [-0.39, 0.29) is 4.65 Å². The Morgan fingerprint density at radius 1 is 0.722 bits per heavy atom. The monoisotopic (exact) mass is 251 g/mol. The molecule has 1 heterocycles. The van der Waals surface area contributed by atoms with E-state index in [1.807, 2.05) is 12.2 Å². The van der Waals surface area contributed by atoms with E-state index in [9.17, 15) is 5.21 Å². The third-order valence-electron chi connectivity index (χ3n) is 3.65. The quantitative estimate of drug-likeness (QED) is 0.279. The summed E-state index contributed by atoms with van der Waals surface area (Å²) >= 11 is 0. The molecule has 1 rings (SSSR count). The highest BCUT2D eigenvalue weighted by atomic mass is 16.5. The molecule has 1 aliphatic heterocycles. The topological polar surface area (TPSA) is 23.1 Å².